The lowest BCUT2D eigenvalue weighted by atomic mass is 10.1. The molecule has 0 fully saturated rings. The van der Waals surface area contributed by atoms with Gasteiger partial charge in [0.25, 0.3) is 0 Å². The topological polar surface area (TPSA) is 69.6 Å². The van der Waals surface area contributed by atoms with E-state index in [9.17, 15) is 9.59 Å². The highest BCUT2D eigenvalue weighted by atomic mass is 16.6. The van der Waals surface area contributed by atoms with Crippen LogP contribution in [0, 0.1) is 6.92 Å². The Bertz CT molecular complexity index is 1050. The van der Waals surface area contributed by atoms with E-state index in [-0.39, 0.29) is 6.42 Å². The van der Waals surface area contributed by atoms with E-state index in [1.807, 2.05) is 37.4 Å². The first-order valence-electron chi connectivity index (χ1n) is 9.91. The summed E-state index contributed by atoms with van der Waals surface area (Å²) in [4.78, 5) is 24.6. The molecule has 1 aromatic heterocycles. The van der Waals surface area contributed by atoms with Gasteiger partial charge >= 0.3 is 12.1 Å². The molecule has 6 nitrogen and oxygen atoms in total. The molecular formula is C24H28N2O4. The largest absolute Gasteiger partial charge is 0.467 e. The zero-order valence-electron chi connectivity index (χ0n) is 18.1. The highest BCUT2D eigenvalue weighted by molar-refractivity contribution is 5.87. The minimum absolute atomic E-state index is 0.283. The molecule has 1 N–H and O–H groups in total. The standard InChI is InChI=1S/C24H28N2O4/c1-16-10-12-18(13-11-16)26-15-17(19-8-6-7-9-21(19)26)14-20(22(27)29-5)25-23(28)30-24(2,3)4/h6-13,15,20H,14H2,1-5H3,(H,25,28)/t20-/m0/s1. The van der Waals surface area contributed by atoms with E-state index < -0.39 is 23.7 Å². The van der Waals surface area contributed by atoms with Crippen molar-refractivity contribution in [1.29, 1.82) is 0 Å². The van der Waals surface area contributed by atoms with Crippen molar-refractivity contribution >= 4 is 23.0 Å². The maximum Gasteiger partial charge on any atom is 0.408 e. The second-order valence-electron chi connectivity index (χ2n) is 8.30. The van der Waals surface area contributed by atoms with Crippen LogP contribution in [0.4, 0.5) is 4.79 Å². The summed E-state index contributed by atoms with van der Waals surface area (Å²) in [7, 11) is 1.31. The van der Waals surface area contributed by atoms with E-state index in [2.05, 4.69) is 34.1 Å². The molecule has 1 heterocycles. The van der Waals surface area contributed by atoms with Crippen LogP contribution in [0.2, 0.25) is 0 Å². The Hall–Kier alpha value is -3.28. The maximum atomic E-state index is 12.4. The lowest BCUT2D eigenvalue weighted by Crippen LogP contribution is -2.45. The monoisotopic (exact) mass is 408 g/mol. The van der Waals surface area contributed by atoms with Crippen LogP contribution in [0.1, 0.15) is 31.9 Å². The fourth-order valence-corrected chi connectivity index (χ4v) is 3.34. The predicted molar refractivity (Wildman–Crippen MR) is 117 cm³/mol. The van der Waals surface area contributed by atoms with Gasteiger partial charge in [-0.1, -0.05) is 35.9 Å². The molecule has 2 aromatic carbocycles. The first kappa shape index (κ1) is 21.4. The highest BCUT2D eigenvalue weighted by Gasteiger charge is 2.26. The van der Waals surface area contributed by atoms with Crippen LogP contribution in [-0.4, -0.2) is 35.4 Å². The number of aryl methyl sites for hydroxylation is 1. The number of hydrogen-bond donors (Lipinski definition) is 1. The highest BCUT2D eigenvalue weighted by Crippen LogP contribution is 2.26. The number of ether oxygens (including phenoxy) is 2. The summed E-state index contributed by atoms with van der Waals surface area (Å²) in [5.74, 6) is -0.520. The molecule has 3 aromatic rings. The average Bonchev–Trinajstić information content (AvgIpc) is 3.04. The number of hydrogen-bond acceptors (Lipinski definition) is 4. The number of amides is 1. The number of nitrogens with one attached hydrogen (secondary N) is 1. The van der Waals surface area contributed by atoms with E-state index in [4.69, 9.17) is 9.47 Å². The number of benzene rings is 2. The second kappa shape index (κ2) is 8.61. The molecule has 0 radical (unpaired) electrons. The SMILES string of the molecule is COC(=O)[C@H](Cc1cn(-c2ccc(C)cc2)c2ccccc12)NC(=O)OC(C)(C)C. The number of esters is 1. The first-order valence-corrected chi connectivity index (χ1v) is 9.91. The number of fused-ring (bicyclic) bond motifs is 1. The summed E-state index contributed by atoms with van der Waals surface area (Å²) in [6.07, 6.45) is 1.63. The smallest absolute Gasteiger partial charge is 0.408 e. The molecule has 0 unspecified atom stereocenters. The van der Waals surface area contributed by atoms with Gasteiger partial charge in [-0.15, -0.1) is 0 Å². The normalized spacial score (nSPS) is 12.4. The van der Waals surface area contributed by atoms with Crippen molar-refractivity contribution in [3.63, 3.8) is 0 Å². The average molecular weight is 408 g/mol. The van der Waals surface area contributed by atoms with Gasteiger partial charge in [-0.3, -0.25) is 0 Å². The minimum Gasteiger partial charge on any atom is -0.467 e. The molecule has 0 aliphatic rings. The number of para-hydroxylation sites is 1. The van der Waals surface area contributed by atoms with Gasteiger partial charge in [-0.2, -0.15) is 0 Å². The lowest BCUT2D eigenvalue weighted by molar-refractivity contribution is -0.143. The van der Waals surface area contributed by atoms with Crippen molar-refractivity contribution in [3.05, 3.63) is 65.9 Å². The number of alkyl carbamates (subject to hydrolysis) is 1. The summed E-state index contributed by atoms with van der Waals surface area (Å²) >= 11 is 0. The van der Waals surface area contributed by atoms with Gasteiger partial charge in [0.05, 0.1) is 12.6 Å². The molecule has 0 saturated carbocycles. The third kappa shape index (κ3) is 5.00. The summed E-state index contributed by atoms with van der Waals surface area (Å²) in [6, 6.07) is 15.4. The third-order valence-corrected chi connectivity index (χ3v) is 4.71. The van der Waals surface area contributed by atoms with E-state index >= 15 is 0 Å². The Morgan fingerprint density at radius 1 is 1.07 bits per heavy atom. The van der Waals surface area contributed by atoms with Crippen molar-refractivity contribution < 1.29 is 19.1 Å². The van der Waals surface area contributed by atoms with Gasteiger partial charge in [0.15, 0.2) is 0 Å². The molecule has 30 heavy (non-hydrogen) atoms. The molecule has 158 valence electrons. The van der Waals surface area contributed by atoms with Crippen molar-refractivity contribution in [1.82, 2.24) is 9.88 Å². The zero-order chi connectivity index (χ0) is 21.9. The Labute approximate surface area is 176 Å². The Morgan fingerprint density at radius 3 is 2.37 bits per heavy atom. The summed E-state index contributed by atoms with van der Waals surface area (Å²) in [6.45, 7) is 7.37. The van der Waals surface area contributed by atoms with Crippen LogP contribution in [0.15, 0.2) is 54.7 Å². The maximum absolute atomic E-state index is 12.4. The Balaban J connectivity index is 1.95. The van der Waals surface area contributed by atoms with Crippen LogP contribution in [-0.2, 0) is 20.7 Å². The Kier molecular flexibility index (Phi) is 6.15. The van der Waals surface area contributed by atoms with Crippen LogP contribution < -0.4 is 5.32 Å². The first-order chi connectivity index (χ1) is 14.2. The van der Waals surface area contributed by atoms with Crippen molar-refractivity contribution in [2.24, 2.45) is 0 Å². The van der Waals surface area contributed by atoms with Gasteiger partial charge < -0.3 is 19.4 Å². The minimum atomic E-state index is -0.859. The number of carbonyl (C=O) groups excluding carboxylic acids is 2. The molecule has 0 saturated heterocycles. The van der Waals surface area contributed by atoms with Gasteiger partial charge in [0.2, 0.25) is 0 Å². The number of nitrogens with zero attached hydrogens (tertiary/aromatic N) is 1. The van der Waals surface area contributed by atoms with E-state index in [1.54, 1.807) is 20.8 Å². The van der Waals surface area contributed by atoms with Gasteiger partial charge in [-0.25, -0.2) is 9.59 Å². The van der Waals surface area contributed by atoms with Crippen LogP contribution in [0.3, 0.4) is 0 Å². The molecule has 0 bridgehead atoms. The number of carbonyl (C=O) groups is 2. The second-order valence-corrected chi connectivity index (χ2v) is 8.30. The number of methoxy groups -OCH3 is 1. The molecule has 0 aliphatic heterocycles. The summed E-state index contributed by atoms with van der Waals surface area (Å²) in [5, 5.41) is 3.66. The molecule has 0 aliphatic carbocycles. The molecule has 3 rings (SSSR count). The van der Waals surface area contributed by atoms with Gasteiger partial charge in [-0.05, 0) is 51.5 Å². The molecular weight excluding hydrogens is 380 g/mol. The number of rotatable bonds is 5. The summed E-state index contributed by atoms with van der Waals surface area (Å²) in [5.41, 5.74) is 3.50. The van der Waals surface area contributed by atoms with Crippen molar-refractivity contribution in [2.45, 2.75) is 45.8 Å². The molecule has 6 heteroatoms. The van der Waals surface area contributed by atoms with Crippen molar-refractivity contribution in [2.75, 3.05) is 7.11 Å². The summed E-state index contributed by atoms with van der Waals surface area (Å²) < 4.78 is 12.3. The predicted octanol–water partition coefficient (Wildman–Crippen LogP) is 4.55. The zero-order valence-corrected chi connectivity index (χ0v) is 18.1. The Morgan fingerprint density at radius 2 is 1.73 bits per heavy atom. The van der Waals surface area contributed by atoms with Gasteiger partial charge in [0, 0.05) is 23.7 Å². The molecule has 1 amide bonds. The molecule has 0 spiro atoms. The molecule has 1 atom stereocenters. The quantitative estimate of drug-likeness (QED) is 0.629. The van der Waals surface area contributed by atoms with E-state index in [0.29, 0.717) is 0 Å². The van der Waals surface area contributed by atoms with Crippen molar-refractivity contribution in [3.8, 4) is 5.69 Å². The fraction of sp³-hybridized carbons (Fsp3) is 0.333. The van der Waals surface area contributed by atoms with Gasteiger partial charge in [0.1, 0.15) is 11.6 Å². The fourth-order valence-electron chi connectivity index (χ4n) is 3.34. The van der Waals surface area contributed by atoms with E-state index in [1.165, 1.54) is 12.7 Å². The lowest BCUT2D eigenvalue weighted by Gasteiger charge is -2.22. The van der Waals surface area contributed by atoms with Crippen LogP contribution in [0.5, 0.6) is 0 Å². The van der Waals surface area contributed by atoms with Crippen LogP contribution >= 0.6 is 0 Å². The third-order valence-electron chi connectivity index (χ3n) is 4.71. The van der Waals surface area contributed by atoms with Crippen LogP contribution in [0.25, 0.3) is 16.6 Å². The van der Waals surface area contributed by atoms with E-state index in [0.717, 1.165) is 22.2 Å². The number of aromatic nitrogens is 1.